The van der Waals surface area contributed by atoms with Gasteiger partial charge in [-0.1, -0.05) is 42.5 Å². The largest absolute Gasteiger partial charge is 0.369 e. The molecule has 4 heteroatoms. The van der Waals surface area contributed by atoms with E-state index >= 15 is 0 Å². The molecule has 0 fully saturated rings. The highest BCUT2D eigenvalue weighted by Crippen LogP contribution is 2.36. The van der Waals surface area contributed by atoms with E-state index in [1.807, 2.05) is 54.6 Å². The van der Waals surface area contributed by atoms with E-state index in [0.29, 0.717) is 5.75 Å². The van der Waals surface area contributed by atoms with Crippen molar-refractivity contribution in [2.45, 2.75) is 10.8 Å². The van der Waals surface area contributed by atoms with Gasteiger partial charge in [0.05, 0.1) is 5.69 Å². The summed E-state index contributed by atoms with van der Waals surface area (Å²) in [6.07, 6.45) is 0. The summed E-state index contributed by atoms with van der Waals surface area (Å²) < 4.78 is 0. The fourth-order valence-corrected chi connectivity index (χ4v) is 3.30. The Bertz CT molecular complexity index is 667. The normalized spacial score (nSPS) is 15.1. The molecule has 0 aromatic heterocycles. The van der Waals surface area contributed by atoms with Crippen LogP contribution in [-0.2, 0) is 4.79 Å². The molecule has 1 atom stereocenters. The van der Waals surface area contributed by atoms with Crippen LogP contribution in [0.5, 0.6) is 0 Å². The zero-order valence-corrected chi connectivity index (χ0v) is 11.6. The molecule has 1 amide bonds. The Labute approximate surface area is 121 Å². The first-order chi connectivity index (χ1) is 9.75. The molecule has 2 aromatic rings. The van der Waals surface area contributed by atoms with Gasteiger partial charge in [0, 0.05) is 16.4 Å². The molecule has 2 aromatic carbocycles. The number of nitrogens with two attached hydrogens (primary N) is 1. The maximum atomic E-state index is 11.8. The van der Waals surface area contributed by atoms with Crippen molar-refractivity contribution in [2.75, 3.05) is 5.75 Å². The predicted octanol–water partition coefficient (Wildman–Crippen LogP) is 3.13. The maximum Gasteiger partial charge on any atom is 0.230 e. The van der Waals surface area contributed by atoms with Crippen molar-refractivity contribution in [3.63, 3.8) is 0 Å². The molecule has 0 aliphatic carbocycles. The van der Waals surface area contributed by atoms with Crippen molar-refractivity contribution in [1.82, 2.24) is 0 Å². The molecule has 1 unspecified atom stereocenters. The second-order valence-corrected chi connectivity index (χ2v) is 5.62. The predicted molar refractivity (Wildman–Crippen MR) is 82.6 cm³/mol. The minimum atomic E-state index is -0.447. The number of nitrogens with zero attached hydrogens (tertiary/aromatic N) is 1. The molecule has 0 saturated heterocycles. The number of thioether (sulfide) groups is 1. The van der Waals surface area contributed by atoms with E-state index in [1.54, 1.807) is 11.8 Å². The van der Waals surface area contributed by atoms with Crippen LogP contribution in [0.15, 0.2) is 64.5 Å². The molecule has 0 bridgehead atoms. The second kappa shape index (κ2) is 5.51. The first-order valence-electron chi connectivity index (χ1n) is 6.39. The van der Waals surface area contributed by atoms with Crippen molar-refractivity contribution in [3.8, 4) is 0 Å². The molecule has 0 spiro atoms. The third-order valence-corrected chi connectivity index (χ3v) is 4.35. The summed E-state index contributed by atoms with van der Waals surface area (Å²) in [5, 5.41) is 0. The minimum Gasteiger partial charge on any atom is -0.369 e. The zero-order valence-electron chi connectivity index (χ0n) is 10.8. The molecular formula is C16H14N2OS. The van der Waals surface area contributed by atoms with Gasteiger partial charge in [-0.05, 0) is 17.7 Å². The van der Waals surface area contributed by atoms with Gasteiger partial charge in [-0.2, -0.15) is 0 Å². The van der Waals surface area contributed by atoms with Crippen LogP contribution >= 0.6 is 11.8 Å². The van der Waals surface area contributed by atoms with Crippen molar-refractivity contribution in [2.24, 2.45) is 10.7 Å². The first kappa shape index (κ1) is 12.9. The summed E-state index contributed by atoms with van der Waals surface area (Å²) in [6, 6.07) is 17.5. The number of benzene rings is 2. The molecule has 0 saturated carbocycles. The SMILES string of the molecule is NC(=O)C(C1=Nc2ccccc2SC1)c1ccccc1. The van der Waals surface area contributed by atoms with Crippen molar-refractivity contribution in [3.05, 3.63) is 60.2 Å². The van der Waals surface area contributed by atoms with Crippen molar-refractivity contribution >= 4 is 29.1 Å². The molecule has 1 heterocycles. The fraction of sp³-hybridized carbons (Fsp3) is 0.125. The van der Waals surface area contributed by atoms with Crippen LogP contribution in [0, 0.1) is 0 Å². The van der Waals surface area contributed by atoms with Gasteiger partial charge in [-0.15, -0.1) is 11.8 Å². The number of carbonyl (C=O) groups is 1. The first-order valence-corrected chi connectivity index (χ1v) is 7.38. The van der Waals surface area contributed by atoms with Gasteiger partial charge in [-0.3, -0.25) is 9.79 Å². The second-order valence-electron chi connectivity index (χ2n) is 4.61. The molecule has 1 aliphatic heterocycles. The minimum absolute atomic E-state index is 0.352. The van der Waals surface area contributed by atoms with Crippen molar-refractivity contribution in [1.29, 1.82) is 0 Å². The lowest BCUT2D eigenvalue weighted by Crippen LogP contribution is -2.30. The van der Waals surface area contributed by atoms with Gasteiger partial charge in [0.15, 0.2) is 0 Å². The number of aliphatic imine (C=N–C) groups is 1. The number of para-hydroxylation sites is 1. The van der Waals surface area contributed by atoms with Gasteiger partial charge >= 0.3 is 0 Å². The van der Waals surface area contributed by atoms with Crippen LogP contribution in [0.25, 0.3) is 0 Å². The van der Waals surface area contributed by atoms with E-state index in [1.165, 1.54) is 0 Å². The molecule has 0 radical (unpaired) electrons. The third kappa shape index (κ3) is 2.47. The standard InChI is InChI=1S/C16H14N2OS/c17-16(19)15(11-6-2-1-3-7-11)13-10-20-14-9-5-4-8-12(14)18-13/h1-9,15H,10H2,(H2,17,19). The summed E-state index contributed by atoms with van der Waals surface area (Å²) in [4.78, 5) is 17.6. The van der Waals surface area contributed by atoms with Crippen LogP contribution in [0.4, 0.5) is 5.69 Å². The number of hydrogen-bond donors (Lipinski definition) is 1. The van der Waals surface area contributed by atoms with Crippen LogP contribution in [0.2, 0.25) is 0 Å². The van der Waals surface area contributed by atoms with E-state index in [2.05, 4.69) is 4.99 Å². The number of amides is 1. The fourth-order valence-electron chi connectivity index (χ4n) is 2.32. The molecule has 1 aliphatic rings. The highest BCUT2D eigenvalue weighted by molar-refractivity contribution is 8.00. The lowest BCUT2D eigenvalue weighted by atomic mass is 9.94. The van der Waals surface area contributed by atoms with E-state index in [9.17, 15) is 4.79 Å². The number of primary amides is 1. The topological polar surface area (TPSA) is 55.5 Å². The van der Waals surface area contributed by atoms with Gasteiger partial charge in [-0.25, -0.2) is 0 Å². The summed E-state index contributed by atoms with van der Waals surface area (Å²) >= 11 is 1.70. The lowest BCUT2D eigenvalue weighted by molar-refractivity contribution is -0.118. The molecule has 3 rings (SSSR count). The van der Waals surface area contributed by atoms with E-state index in [4.69, 9.17) is 5.73 Å². The Morgan fingerprint density at radius 3 is 2.55 bits per heavy atom. The van der Waals surface area contributed by atoms with Gasteiger partial charge in [0.1, 0.15) is 5.92 Å². The Balaban J connectivity index is 2.02. The quantitative estimate of drug-likeness (QED) is 0.940. The molecule has 100 valence electrons. The number of rotatable bonds is 3. The highest BCUT2D eigenvalue weighted by Gasteiger charge is 2.26. The Morgan fingerprint density at radius 1 is 1.10 bits per heavy atom. The summed E-state index contributed by atoms with van der Waals surface area (Å²) in [5.41, 5.74) is 8.24. The third-order valence-electron chi connectivity index (χ3n) is 3.26. The maximum absolute atomic E-state index is 11.8. The lowest BCUT2D eigenvalue weighted by Gasteiger charge is -2.21. The van der Waals surface area contributed by atoms with Crippen molar-refractivity contribution < 1.29 is 4.79 Å². The van der Waals surface area contributed by atoms with E-state index in [-0.39, 0.29) is 5.91 Å². The summed E-state index contributed by atoms with van der Waals surface area (Å²) in [7, 11) is 0. The molecule has 2 N–H and O–H groups in total. The average Bonchev–Trinajstić information content (AvgIpc) is 2.48. The van der Waals surface area contributed by atoms with E-state index < -0.39 is 5.92 Å². The Kier molecular flexibility index (Phi) is 3.56. The van der Waals surface area contributed by atoms with Crippen LogP contribution in [-0.4, -0.2) is 17.4 Å². The monoisotopic (exact) mass is 282 g/mol. The molecule has 3 nitrogen and oxygen atoms in total. The number of hydrogen-bond acceptors (Lipinski definition) is 3. The summed E-state index contributed by atoms with van der Waals surface area (Å²) in [6.45, 7) is 0. The van der Waals surface area contributed by atoms with Crippen LogP contribution in [0.1, 0.15) is 11.5 Å². The number of fused-ring (bicyclic) bond motifs is 1. The highest BCUT2D eigenvalue weighted by atomic mass is 32.2. The molecule has 20 heavy (non-hydrogen) atoms. The van der Waals surface area contributed by atoms with Gasteiger partial charge in [0.25, 0.3) is 0 Å². The smallest absolute Gasteiger partial charge is 0.230 e. The number of carbonyl (C=O) groups excluding carboxylic acids is 1. The van der Waals surface area contributed by atoms with Crippen LogP contribution < -0.4 is 5.73 Å². The van der Waals surface area contributed by atoms with E-state index in [0.717, 1.165) is 21.9 Å². The average molecular weight is 282 g/mol. The van der Waals surface area contributed by atoms with Gasteiger partial charge < -0.3 is 5.73 Å². The Hall–Kier alpha value is -2.07. The summed E-state index contributed by atoms with van der Waals surface area (Å²) in [5.74, 6) is -0.105. The molecular weight excluding hydrogens is 268 g/mol. The van der Waals surface area contributed by atoms with Gasteiger partial charge in [0.2, 0.25) is 5.91 Å². The van der Waals surface area contributed by atoms with Crippen LogP contribution in [0.3, 0.4) is 0 Å². The Morgan fingerprint density at radius 2 is 1.80 bits per heavy atom. The zero-order chi connectivity index (χ0) is 13.9.